The fourth-order valence-corrected chi connectivity index (χ4v) is 2.33. The van der Waals surface area contributed by atoms with E-state index in [0.29, 0.717) is 16.8 Å². The molecule has 1 aromatic heterocycles. The van der Waals surface area contributed by atoms with E-state index in [9.17, 15) is 4.79 Å². The Morgan fingerprint density at radius 2 is 2.29 bits per heavy atom. The van der Waals surface area contributed by atoms with Crippen LogP contribution in [0.4, 0.5) is 0 Å². The molecule has 1 aromatic rings. The first-order chi connectivity index (χ1) is 8.06. The Labute approximate surface area is 111 Å². The quantitative estimate of drug-likeness (QED) is 0.456. The molecule has 0 radical (unpaired) electrons. The number of carbonyl (C=O) groups excluding carboxylic acids is 1. The van der Waals surface area contributed by atoms with Crippen molar-refractivity contribution in [1.82, 2.24) is 9.78 Å². The highest BCUT2D eigenvalue weighted by atomic mass is 79.9. The van der Waals surface area contributed by atoms with E-state index in [1.54, 1.807) is 6.20 Å². The number of halogens is 1. The fraction of sp³-hybridized carbons (Fsp3) is 0.600. The van der Waals surface area contributed by atoms with Gasteiger partial charge in [-0.25, -0.2) is 9.48 Å². The second-order valence-corrected chi connectivity index (χ2v) is 8.27. The van der Waals surface area contributed by atoms with Crippen LogP contribution in [0, 0.1) is 0 Å². The summed E-state index contributed by atoms with van der Waals surface area (Å²) in [6, 6.07) is 1.12. The summed E-state index contributed by atoms with van der Waals surface area (Å²) in [4.78, 5) is 11.5. The summed E-state index contributed by atoms with van der Waals surface area (Å²) in [5.74, 6) is -0.420. The summed E-state index contributed by atoms with van der Waals surface area (Å²) in [5, 5.41) is 4.06. The van der Waals surface area contributed by atoms with Gasteiger partial charge in [0.2, 0.25) is 0 Å². The van der Waals surface area contributed by atoms with Crippen LogP contribution in [0.2, 0.25) is 19.1 Å². The zero-order chi connectivity index (χ0) is 12.8. The first-order valence-corrected chi connectivity index (χ1v) is 9.35. The predicted molar refractivity (Wildman–Crippen MR) is 70.9 cm³/mol. The molecular weight excluding hydrogens is 304 g/mol. The molecule has 17 heavy (non-hydrogen) atoms. The highest BCUT2D eigenvalue weighted by Gasteiger charge is 2.17. The van der Waals surface area contributed by atoms with Crippen molar-refractivity contribution in [3.63, 3.8) is 0 Å². The number of aromatic nitrogens is 2. The van der Waals surface area contributed by atoms with Crippen molar-refractivity contribution in [2.45, 2.75) is 25.9 Å². The number of rotatable bonds is 6. The molecule has 0 aromatic carbocycles. The van der Waals surface area contributed by atoms with Crippen LogP contribution in [0.15, 0.2) is 10.7 Å². The van der Waals surface area contributed by atoms with Crippen LogP contribution in [-0.2, 0) is 16.2 Å². The van der Waals surface area contributed by atoms with Gasteiger partial charge in [0.1, 0.15) is 6.73 Å². The SMILES string of the molecule is COC(=O)c1c(Br)cnn1COCC[SiH](C)C. The van der Waals surface area contributed by atoms with Crippen molar-refractivity contribution in [3.8, 4) is 0 Å². The Hall–Kier alpha value is -0.663. The van der Waals surface area contributed by atoms with Crippen molar-refractivity contribution in [2.24, 2.45) is 0 Å². The Kier molecular flexibility index (Phi) is 5.86. The molecule has 0 aliphatic carbocycles. The van der Waals surface area contributed by atoms with Gasteiger partial charge in [-0.2, -0.15) is 5.10 Å². The van der Waals surface area contributed by atoms with Gasteiger partial charge in [0.05, 0.1) is 17.8 Å². The number of hydrogen-bond acceptors (Lipinski definition) is 4. The molecule has 0 unspecified atom stereocenters. The lowest BCUT2D eigenvalue weighted by Crippen LogP contribution is -2.15. The van der Waals surface area contributed by atoms with Gasteiger partial charge in [0.15, 0.2) is 5.69 Å². The van der Waals surface area contributed by atoms with E-state index < -0.39 is 14.8 Å². The van der Waals surface area contributed by atoms with Gasteiger partial charge in [-0.3, -0.25) is 0 Å². The van der Waals surface area contributed by atoms with E-state index in [-0.39, 0.29) is 6.73 Å². The Balaban J connectivity index is 2.56. The summed E-state index contributed by atoms with van der Waals surface area (Å²) < 4.78 is 12.3. The third-order valence-electron chi connectivity index (χ3n) is 2.23. The summed E-state index contributed by atoms with van der Waals surface area (Å²) in [6.45, 7) is 5.53. The minimum absolute atomic E-state index is 0.275. The molecule has 0 saturated carbocycles. The smallest absolute Gasteiger partial charge is 0.357 e. The molecule has 0 bridgehead atoms. The van der Waals surface area contributed by atoms with E-state index in [1.165, 1.54) is 11.8 Å². The van der Waals surface area contributed by atoms with Gasteiger partial charge in [0, 0.05) is 15.4 Å². The van der Waals surface area contributed by atoms with Gasteiger partial charge in [-0.05, 0) is 22.0 Å². The van der Waals surface area contributed by atoms with E-state index in [2.05, 4.69) is 38.9 Å². The van der Waals surface area contributed by atoms with E-state index in [4.69, 9.17) is 4.74 Å². The van der Waals surface area contributed by atoms with Crippen LogP contribution < -0.4 is 0 Å². The van der Waals surface area contributed by atoms with Gasteiger partial charge in [0.25, 0.3) is 0 Å². The average Bonchev–Trinajstić information content (AvgIpc) is 2.65. The lowest BCUT2D eigenvalue weighted by molar-refractivity contribution is 0.0517. The number of nitrogens with zero attached hydrogens (tertiary/aromatic N) is 2. The zero-order valence-electron chi connectivity index (χ0n) is 10.3. The van der Waals surface area contributed by atoms with Crippen LogP contribution in [0.5, 0.6) is 0 Å². The lowest BCUT2D eigenvalue weighted by Gasteiger charge is -2.08. The number of carbonyl (C=O) groups is 1. The minimum atomic E-state index is -0.584. The molecule has 1 heterocycles. The second-order valence-electron chi connectivity index (χ2n) is 4.05. The molecule has 5 nitrogen and oxygen atoms in total. The molecule has 7 heteroatoms. The summed E-state index contributed by atoms with van der Waals surface area (Å²) in [6.07, 6.45) is 1.56. The largest absolute Gasteiger partial charge is 0.464 e. The fourth-order valence-electron chi connectivity index (χ4n) is 1.23. The monoisotopic (exact) mass is 320 g/mol. The normalized spacial score (nSPS) is 10.9. The highest BCUT2D eigenvalue weighted by Crippen LogP contribution is 2.16. The number of hydrogen-bond donors (Lipinski definition) is 0. The maximum Gasteiger partial charge on any atom is 0.357 e. The third kappa shape index (κ3) is 4.25. The number of methoxy groups -OCH3 is 1. The zero-order valence-corrected chi connectivity index (χ0v) is 13.0. The maximum absolute atomic E-state index is 11.5. The molecular formula is C10H17BrN2O3Si. The third-order valence-corrected chi connectivity index (χ3v) is 4.20. The van der Waals surface area contributed by atoms with Crippen LogP contribution in [0.1, 0.15) is 10.5 Å². The van der Waals surface area contributed by atoms with Gasteiger partial charge >= 0.3 is 5.97 Å². The highest BCUT2D eigenvalue weighted by molar-refractivity contribution is 9.10. The number of esters is 1. The molecule has 0 N–H and O–H groups in total. The molecule has 0 spiro atoms. The molecule has 0 aliphatic rings. The molecule has 0 saturated heterocycles. The predicted octanol–water partition coefficient (Wildman–Crippen LogP) is 1.89. The Morgan fingerprint density at radius 3 is 2.88 bits per heavy atom. The van der Waals surface area contributed by atoms with Crippen LogP contribution in [0.3, 0.4) is 0 Å². The first kappa shape index (κ1) is 14.4. The minimum Gasteiger partial charge on any atom is -0.464 e. The summed E-state index contributed by atoms with van der Waals surface area (Å²) in [7, 11) is 0.760. The van der Waals surface area contributed by atoms with Gasteiger partial charge in [-0.15, -0.1) is 0 Å². The van der Waals surface area contributed by atoms with E-state index in [0.717, 1.165) is 6.04 Å². The molecule has 1 rings (SSSR count). The van der Waals surface area contributed by atoms with Crippen LogP contribution in [-0.4, -0.2) is 38.3 Å². The van der Waals surface area contributed by atoms with Crippen molar-refractivity contribution >= 4 is 30.7 Å². The van der Waals surface area contributed by atoms with Crippen molar-refractivity contribution in [1.29, 1.82) is 0 Å². The molecule has 0 amide bonds. The van der Waals surface area contributed by atoms with Crippen molar-refractivity contribution in [2.75, 3.05) is 13.7 Å². The van der Waals surface area contributed by atoms with Crippen LogP contribution >= 0.6 is 15.9 Å². The summed E-state index contributed by atoms with van der Waals surface area (Å²) in [5.41, 5.74) is 0.384. The van der Waals surface area contributed by atoms with Gasteiger partial charge in [-0.1, -0.05) is 13.1 Å². The summed E-state index contributed by atoms with van der Waals surface area (Å²) >= 11 is 3.26. The van der Waals surface area contributed by atoms with E-state index in [1.807, 2.05) is 0 Å². The topological polar surface area (TPSA) is 53.3 Å². The number of ether oxygens (including phenoxy) is 2. The van der Waals surface area contributed by atoms with E-state index >= 15 is 0 Å². The Morgan fingerprint density at radius 1 is 1.59 bits per heavy atom. The molecule has 96 valence electrons. The lowest BCUT2D eigenvalue weighted by atomic mass is 10.4. The first-order valence-electron chi connectivity index (χ1n) is 5.43. The maximum atomic E-state index is 11.5. The molecule has 0 aliphatic heterocycles. The average molecular weight is 321 g/mol. The van der Waals surface area contributed by atoms with Crippen molar-refractivity contribution < 1.29 is 14.3 Å². The second kappa shape index (κ2) is 6.92. The Bertz CT molecular complexity index is 382. The standard InChI is InChI=1S/C10H17BrN2O3Si/c1-15-10(14)9-8(11)6-12-13(9)7-16-4-5-17(2)3/h6,17H,4-5,7H2,1-3H3. The molecule has 0 atom stereocenters. The molecule has 0 fully saturated rings. The van der Waals surface area contributed by atoms with Crippen molar-refractivity contribution in [3.05, 3.63) is 16.4 Å². The van der Waals surface area contributed by atoms with Crippen LogP contribution in [0.25, 0.3) is 0 Å². The van der Waals surface area contributed by atoms with Gasteiger partial charge < -0.3 is 9.47 Å².